The molecule has 0 radical (unpaired) electrons. The van der Waals surface area contributed by atoms with Gasteiger partial charge in [0.15, 0.2) is 0 Å². The zero-order valence-electron chi connectivity index (χ0n) is 10.5. The Morgan fingerprint density at radius 3 is 2.78 bits per heavy atom. The van der Waals surface area contributed by atoms with E-state index in [2.05, 4.69) is 9.30 Å². The molecule has 0 bridgehead atoms. The highest BCUT2D eigenvalue weighted by atomic mass is 16.5. The Morgan fingerprint density at radius 2 is 2.11 bits per heavy atom. The molecule has 1 saturated heterocycles. The minimum atomic E-state index is -0.283. The molecule has 1 aromatic rings. The van der Waals surface area contributed by atoms with Gasteiger partial charge in [-0.3, -0.25) is 9.59 Å². The SMILES string of the molecule is COC(=O)[C@H]1CC(=O)N(CCCn2cccc2)C1. The number of hydrogen-bond acceptors (Lipinski definition) is 3. The van der Waals surface area contributed by atoms with Crippen molar-refractivity contribution < 1.29 is 14.3 Å². The van der Waals surface area contributed by atoms with Gasteiger partial charge in [0.1, 0.15) is 0 Å². The number of aryl methyl sites for hydroxylation is 1. The molecule has 0 aliphatic carbocycles. The van der Waals surface area contributed by atoms with E-state index in [9.17, 15) is 9.59 Å². The number of esters is 1. The molecule has 0 N–H and O–H groups in total. The van der Waals surface area contributed by atoms with Crippen LogP contribution in [0.2, 0.25) is 0 Å². The first-order chi connectivity index (χ1) is 8.70. The van der Waals surface area contributed by atoms with Crippen LogP contribution in [-0.4, -0.2) is 41.5 Å². The van der Waals surface area contributed by atoms with Gasteiger partial charge in [0.25, 0.3) is 0 Å². The lowest BCUT2D eigenvalue weighted by atomic mass is 10.1. The Morgan fingerprint density at radius 1 is 1.39 bits per heavy atom. The van der Waals surface area contributed by atoms with Gasteiger partial charge in [0.05, 0.1) is 13.0 Å². The summed E-state index contributed by atoms with van der Waals surface area (Å²) in [6, 6.07) is 3.96. The largest absolute Gasteiger partial charge is 0.469 e. The van der Waals surface area contributed by atoms with E-state index in [-0.39, 0.29) is 24.2 Å². The maximum atomic E-state index is 11.7. The maximum Gasteiger partial charge on any atom is 0.310 e. The molecule has 1 aromatic heterocycles. The van der Waals surface area contributed by atoms with Crippen molar-refractivity contribution in [1.82, 2.24) is 9.47 Å². The number of ether oxygens (including phenoxy) is 1. The summed E-state index contributed by atoms with van der Waals surface area (Å²) < 4.78 is 6.75. The first-order valence-corrected chi connectivity index (χ1v) is 6.17. The van der Waals surface area contributed by atoms with E-state index >= 15 is 0 Å². The lowest BCUT2D eigenvalue weighted by Gasteiger charge is -2.16. The van der Waals surface area contributed by atoms with Gasteiger partial charge in [0, 0.05) is 38.4 Å². The van der Waals surface area contributed by atoms with E-state index in [1.54, 1.807) is 4.90 Å². The van der Waals surface area contributed by atoms with Crippen LogP contribution >= 0.6 is 0 Å². The summed E-state index contributed by atoms with van der Waals surface area (Å²) in [6.07, 6.45) is 5.19. The molecule has 1 aliphatic rings. The van der Waals surface area contributed by atoms with Crippen LogP contribution in [0.4, 0.5) is 0 Å². The fraction of sp³-hybridized carbons (Fsp3) is 0.538. The molecule has 1 aliphatic heterocycles. The third-order valence-electron chi connectivity index (χ3n) is 3.26. The topological polar surface area (TPSA) is 51.5 Å². The Hall–Kier alpha value is -1.78. The van der Waals surface area contributed by atoms with Gasteiger partial charge in [0.2, 0.25) is 5.91 Å². The minimum Gasteiger partial charge on any atom is -0.469 e. The lowest BCUT2D eigenvalue weighted by molar-refractivity contribution is -0.145. The normalized spacial score (nSPS) is 19.3. The third-order valence-corrected chi connectivity index (χ3v) is 3.26. The van der Waals surface area contributed by atoms with Crippen LogP contribution in [0.1, 0.15) is 12.8 Å². The van der Waals surface area contributed by atoms with Crippen molar-refractivity contribution in [2.24, 2.45) is 5.92 Å². The van der Waals surface area contributed by atoms with Crippen molar-refractivity contribution >= 4 is 11.9 Å². The molecule has 1 fully saturated rings. The number of carbonyl (C=O) groups excluding carboxylic acids is 2. The number of hydrogen-bond donors (Lipinski definition) is 0. The molecule has 0 unspecified atom stereocenters. The van der Waals surface area contributed by atoms with Crippen LogP contribution in [0, 0.1) is 5.92 Å². The molecule has 5 heteroatoms. The summed E-state index contributed by atoms with van der Waals surface area (Å²) in [6.45, 7) is 2.08. The first kappa shape index (κ1) is 12.7. The van der Waals surface area contributed by atoms with E-state index in [0.717, 1.165) is 13.0 Å². The van der Waals surface area contributed by atoms with Gasteiger partial charge >= 0.3 is 5.97 Å². The zero-order chi connectivity index (χ0) is 13.0. The maximum absolute atomic E-state index is 11.7. The van der Waals surface area contributed by atoms with E-state index in [1.807, 2.05) is 24.5 Å². The number of rotatable bonds is 5. The quantitative estimate of drug-likeness (QED) is 0.730. The predicted octanol–water partition coefficient (Wildman–Crippen LogP) is 0.900. The van der Waals surface area contributed by atoms with Gasteiger partial charge in [-0.1, -0.05) is 0 Å². The Balaban J connectivity index is 1.76. The molecule has 1 amide bonds. The number of methoxy groups -OCH3 is 1. The van der Waals surface area contributed by atoms with Gasteiger partial charge in [-0.2, -0.15) is 0 Å². The second-order valence-corrected chi connectivity index (χ2v) is 4.54. The molecule has 0 saturated carbocycles. The molecular formula is C13H18N2O3. The van der Waals surface area contributed by atoms with Crippen molar-refractivity contribution in [1.29, 1.82) is 0 Å². The summed E-state index contributed by atoms with van der Waals surface area (Å²) in [5, 5.41) is 0. The molecule has 0 spiro atoms. The Bertz CT molecular complexity index is 414. The highest BCUT2D eigenvalue weighted by Crippen LogP contribution is 2.19. The predicted molar refractivity (Wildman–Crippen MR) is 65.8 cm³/mol. The number of nitrogens with zero attached hydrogens (tertiary/aromatic N) is 2. The van der Waals surface area contributed by atoms with E-state index < -0.39 is 0 Å². The molecular weight excluding hydrogens is 232 g/mol. The first-order valence-electron chi connectivity index (χ1n) is 6.17. The van der Waals surface area contributed by atoms with E-state index in [4.69, 9.17) is 0 Å². The van der Waals surface area contributed by atoms with Crippen molar-refractivity contribution in [3.63, 3.8) is 0 Å². The summed E-state index contributed by atoms with van der Waals surface area (Å²) in [5.41, 5.74) is 0. The second kappa shape index (κ2) is 5.71. The standard InChI is InChI=1S/C13H18N2O3/c1-18-13(17)11-9-12(16)15(10-11)8-4-7-14-5-2-3-6-14/h2-3,5-6,11H,4,7-10H2,1H3/t11-/m0/s1. The van der Waals surface area contributed by atoms with Crippen molar-refractivity contribution in [2.75, 3.05) is 20.2 Å². The van der Waals surface area contributed by atoms with Gasteiger partial charge in [-0.15, -0.1) is 0 Å². The number of aromatic nitrogens is 1. The smallest absolute Gasteiger partial charge is 0.310 e. The van der Waals surface area contributed by atoms with Gasteiger partial charge in [-0.05, 0) is 18.6 Å². The highest BCUT2D eigenvalue weighted by Gasteiger charge is 2.34. The zero-order valence-corrected chi connectivity index (χ0v) is 10.5. The summed E-state index contributed by atoms with van der Waals surface area (Å²) in [5.74, 6) is -0.511. The van der Waals surface area contributed by atoms with Crippen LogP contribution in [0.5, 0.6) is 0 Å². The van der Waals surface area contributed by atoms with Crippen LogP contribution in [0.3, 0.4) is 0 Å². The number of amides is 1. The summed E-state index contributed by atoms with van der Waals surface area (Å²) >= 11 is 0. The van der Waals surface area contributed by atoms with Crippen molar-refractivity contribution in [3.05, 3.63) is 24.5 Å². The summed E-state index contributed by atoms with van der Waals surface area (Å²) in [7, 11) is 1.36. The third kappa shape index (κ3) is 2.91. The molecule has 0 aromatic carbocycles. The molecule has 2 heterocycles. The van der Waals surface area contributed by atoms with Crippen LogP contribution in [0.15, 0.2) is 24.5 Å². The summed E-state index contributed by atoms with van der Waals surface area (Å²) in [4.78, 5) is 24.8. The van der Waals surface area contributed by atoms with Crippen molar-refractivity contribution in [2.45, 2.75) is 19.4 Å². The monoisotopic (exact) mass is 250 g/mol. The van der Waals surface area contributed by atoms with Gasteiger partial charge < -0.3 is 14.2 Å². The highest BCUT2D eigenvalue weighted by molar-refractivity contribution is 5.86. The fourth-order valence-corrected chi connectivity index (χ4v) is 2.28. The van der Waals surface area contributed by atoms with Crippen LogP contribution < -0.4 is 0 Å². The minimum absolute atomic E-state index is 0.0536. The Labute approximate surface area is 106 Å². The molecule has 1 atom stereocenters. The van der Waals surface area contributed by atoms with Crippen LogP contribution in [0.25, 0.3) is 0 Å². The average molecular weight is 250 g/mol. The van der Waals surface area contributed by atoms with E-state index in [1.165, 1.54) is 7.11 Å². The number of carbonyl (C=O) groups is 2. The molecule has 5 nitrogen and oxygen atoms in total. The van der Waals surface area contributed by atoms with Gasteiger partial charge in [-0.25, -0.2) is 0 Å². The molecule has 98 valence electrons. The van der Waals surface area contributed by atoms with Crippen LogP contribution in [-0.2, 0) is 20.9 Å². The van der Waals surface area contributed by atoms with E-state index in [0.29, 0.717) is 13.1 Å². The lowest BCUT2D eigenvalue weighted by Crippen LogP contribution is -2.28. The molecule has 18 heavy (non-hydrogen) atoms. The fourth-order valence-electron chi connectivity index (χ4n) is 2.28. The molecule has 2 rings (SSSR count). The Kier molecular flexibility index (Phi) is 4.02. The van der Waals surface area contributed by atoms with Crippen molar-refractivity contribution in [3.8, 4) is 0 Å². The average Bonchev–Trinajstić information content (AvgIpc) is 2.99. The number of likely N-dealkylation sites (tertiary alicyclic amines) is 1. The second-order valence-electron chi connectivity index (χ2n) is 4.54.